The quantitative estimate of drug-likeness (QED) is 0.862. The van der Waals surface area contributed by atoms with Gasteiger partial charge in [0.25, 0.3) is 0 Å². The van der Waals surface area contributed by atoms with Crippen molar-refractivity contribution in [3.8, 4) is 6.07 Å². The molecule has 0 radical (unpaired) electrons. The SMILES string of the molecule is CC(CC#N)N(C)C(=O)C(=O)Nc1ccc2nccnc2c1. The van der Waals surface area contributed by atoms with E-state index >= 15 is 0 Å². The maximum absolute atomic E-state index is 12.0. The highest BCUT2D eigenvalue weighted by Gasteiger charge is 2.22. The van der Waals surface area contributed by atoms with Crippen LogP contribution in [0, 0.1) is 11.3 Å². The van der Waals surface area contributed by atoms with Crippen LogP contribution in [0.2, 0.25) is 0 Å². The van der Waals surface area contributed by atoms with Gasteiger partial charge in [-0.2, -0.15) is 5.26 Å². The van der Waals surface area contributed by atoms with E-state index < -0.39 is 11.8 Å². The fourth-order valence-corrected chi connectivity index (χ4v) is 1.85. The lowest BCUT2D eigenvalue weighted by molar-refractivity contribution is -0.143. The number of benzene rings is 1. The summed E-state index contributed by atoms with van der Waals surface area (Å²) in [6.45, 7) is 1.71. The van der Waals surface area contributed by atoms with Gasteiger partial charge >= 0.3 is 11.8 Å². The monoisotopic (exact) mass is 297 g/mol. The van der Waals surface area contributed by atoms with Crippen LogP contribution in [-0.4, -0.2) is 39.8 Å². The number of rotatable bonds is 3. The van der Waals surface area contributed by atoms with E-state index in [-0.39, 0.29) is 12.5 Å². The molecule has 1 atom stereocenters. The molecule has 0 saturated heterocycles. The van der Waals surface area contributed by atoms with Gasteiger partial charge < -0.3 is 10.2 Å². The minimum atomic E-state index is -0.754. The van der Waals surface area contributed by atoms with Crippen LogP contribution < -0.4 is 5.32 Å². The zero-order valence-electron chi connectivity index (χ0n) is 12.3. The molecule has 7 nitrogen and oxygen atoms in total. The Morgan fingerprint density at radius 3 is 2.68 bits per heavy atom. The summed E-state index contributed by atoms with van der Waals surface area (Å²) in [5, 5.41) is 11.2. The predicted molar refractivity (Wildman–Crippen MR) is 80.6 cm³/mol. The first-order valence-electron chi connectivity index (χ1n) is 6.69. The van der Waals surface area contributed by atoms with Crippen molar-refractivity contribution >= 4 is 28.5 Å². The Morgan fingerprint density at radius 1 is 1.32 bits per heavy atom. The van der Waals surface area contributed by atoms with E-state index in [1.54, 1.807) is 37.5 Å². The van der Waals surface area contributed by atoms with Gasteiger partial charge in [-0.3, -0.25) is 19.6 Å². The van der Waals surface area contributed by atoms with Gasteiger partial charge in [-0.15, -0.1) is 0 Å². The number of carbonyl (C=O) groups excluding carboxylic acids is 2. The number of nitrogens with one attached hydrogen (secondary N) is 1. The molecule has 7 heteroatoms. The number of nitrogens with zero attached hydrogens (tertiary/aromatic N) is 4. The number of carbonyl (C=O) groups is 2. The summed E-state index contributed by atoms with van der Waals surface area (Å²) in [6, 6.07) is 6.65. The number of amides is 2. The Hall–Kier alpha value is -3.01. The zero-order chi connectivity index (χ0) is 16.1. The van der Waals surface area contributed by atoms with Crippen LogP contribution in [0.25, 0.3) is 11.0 Å². The van der Waals surface area contributed by atoms with Crippen molar-refractivity contribution in [2.45, 2.75) is 19.4 Å². The van der Waals surface area contributed by atoms with E-state index in [9.17, 15) is 9.59 Å². The standard InChI is InChI=1S/C15H15N5O2/c1-10(5-6-16)20(2)15(22)14(21)19-11-3-4-12-13(9-11)18-8-7-17-12/h3-4,7-10H,5H2,1-2H3,(H,19,21). The number of hydrogen-bond donors (Lipinski definition) is 1. The Labute approximate surface area is 127 Å². The number of anilines is 1. The number of likely N-dealkylation sites (N-methyl/N-ethyl adjacent to an activating group) is 1. The van der Waals surface area contributed by atoms with Crippen molar-refractivity contribution in [2.24, 2.45) is 0 Å². The van der Waals surface area contributed by atoms with Crippen LogP contribution in [0.3, 0.4) is 0 Å². The molecule has 0 spiro atoms. The summed E-state index contributed by atoms with van der Waals surface area (Å²) < 4.78 is 0. The average Bonchev–Trinajstić information content (AvgIpc) is 2.53. The molecule has 0 aliphatic heterocycles. The van der Waals surface area contributed by atoms with Gasteiger partial charge in [-0.25, -0.2) is 0 Å². The van der Waals surface area contributed by atoms with Crippen LogP contribution in [-0.2, 0) is 9.59 Å². The van der Waals surface area contributed by atoms with E-state index in [1.165, 1.54) is 11.9 Å². The molecule has 0 fully saturated rings. The van der Waals surface area contributed by atoms with E-state index in [4.69, 9.17) is 5.26 Å². The topological polar surface area (TPSA) is 99.0 Å². The summed E-state index contributed by atoms with van der Waals surface area (Å²) in [4.78, 5) is 33.5. The molecular formula is C15H15N5O2. The molecule has 1 unspecified atom stereocenters. The van der Waals surface area contributed by atoms with Gasteiger partial charge in [0.2, 0.25) is 0 Å². The Balaban J connectivity index is 2.10. The first-order valence-corrected chi connectivity index (χ1v) is 6.69. The minimum absolute atomic E-state index is 0.168. The fourth-order valence-electron chi connectivity index (χ4n) is 1.85. The summed E-state index contributed by atoms with van der Waals surface area (Å²) in [6.07, 6.45) is 3.30. The van der Waals surface area contributed by atoms with E-state index in [2.05, 4.69) is 15.3 Å². The fraction of sp³-hybridized carbons (Fsp3) is 0.267. The molecule has 1 heterocycles. The lowest BCUT2D eigenvalue weighted by Crippen LogP contribution is -2.42. The zero-order valence-corrected chi connectivity index (χ0v) is 12.3. The van der Waals surface area contributed by atoms with Crippen molar-refractivity contribution in [2.75, 3.05) is 12.4 Å². The molecular weight excluding hydrogens is 282 g/mol. The maximum atomic E-state index is 12.0. The Morgan fingerprint density at radius 2 is 2.00 bits per heavy atom. The van der Waals surface area contributed by atoms with Gasteiger partial charge in [0.15, 0.2) is 0 Å². The van der Waals surface area contributed by atoms with Crippen LogP contribution in [0.15, 0.2) is 30.6 Å². The molecule has 2 rings (SSSR count). The molecule has 0 aliphatic rings. The first kappa shape index (κ1) is 15.4. The molecule has 22 heavy (non-hydrogen) atoms. The van der Waals surface area contributed by atoms with Gasteiger partial charge in [-0.05, 0) is 25.1 Å². The molecule has 2 amide bonds. The van der Waals surface area contributed by atoms with E-state index in [0.717, 1.165) is 0 Å². The molecule has 0 aliphatic carbocycles. The maximum Gasteiger partial charge on any atom is 0.313 e. The highest BCUT2D eigenvalue weighted by Crippen LogP contribution is 2.15. The van der Waals surface area contributed by atoms with Crippen molar-refractivity contribution in [3.63, 3.8) is 0 Å². The number of nitriles is 1. The summed E-state index contributed by atoms with van der Waals surface area (Å²) in [5.74, 6) is -1.45. The van der Waals surface area contributed by atoms with Crippen LogP contribution in [0.1, 0.15) is 13.3 Å². The van der Waals surface area contributed by atoms with Crippen molar-refractivity contribution in [3.05, 3.63) is 30.6 Å². The summed E-state index contributed by atoms with van der Waals surface area (Å²) in [5.41, 5.74) is 1.79. The Kier molecular flexibility index (Phi) is 4.63. The average molecular weight is 297 g/mol. The third-order valence-corrected chi connectivity index (χ3v) is 3.29. The second-order valence-electron chi connectivity index (χ2n) is 4.84. The molecule has 0 bridgehead atoms. The predicted octanol–water partition coefficient (Wildman–Crippen LogP) is 1.33. The van der Waals surface area contributed by atoms with Gasteiger partial charge in [-0.1, -0.05) is 0 Å². The third kappa shape index (κ3) is 3.35. The van der Waals surface area contributed by atoms with Crippen molar-refractivity contribution < 1.29 is 9.59 Å². The smallest absolute Gasteiger partial charge is 0.313 e. The number of aromatic nitrogens is 2. The summed E-state index contributed by atoms with van der Waals surface area (Å²) >= 11 is 0. The van der Waals surface area contributed by atoms with Gasteiger partial charge in [0.1, 0.15) is 0 Å². The lowest BCUT2D eigenvalue weighted by Gasteiger charge is -2.22. The molecule has 112 valence electrons. The second-order valence-corrected chi connectivity index (χ2v) is 4.84. The summed E-state index contributed by atoms with van der Waals surface area (Å²) in [7, 11) is 1.50. The van der Waals surface area contributed by atoms with Crippen LogP contribution in [0.4, 0.5) is 5.69 Å². The lowest BCUT2D eigenvalue weighted by atomic mass is 10.2. The van der Waals surface area contributed by atoms with E-state index in [1.807, 2.05) is 6.07 Å². The van der Waals surface area contributed by atoms with Crippen LogP contribution >= 0.6 is 0 Å². The highest BCUT2D eigenvalue weighted by molar-refractivity contribution is 6.39. The molecule has 2 aromatic rings. The number of fused-ring (bicyclic) bond motifs is 1. The van der Waals surface area contributed by atoms with Crippen molar-refractivity contribution in [1.29, 1.82) is 5.26 Å². The highest BCUT2D eigenvalue weighted by atomic mass is 16.2. The second kappa shape index (κ2) is 6.63. The van der Waals surface area contributed by atoms with Crippen LogP contribution in [0.5, 0.6) is 0 Å². The van der Waals surface area contributed by atoms with Gasteiger partial charge in [0, 0.05) is 31.2 Å². The molecule has 1 N–H and O–H groups in total. The van der Waals surface area contributed by atoms with Gasteiger partial charge in [0.05, 0.1) is 23.5 Å². The van der Waals surface area contributed by atoms with E-state index in [0.29, 0.717) is 16.7 Å². The van der Waals surface area contributed by atoms with Crippen molar-refractivity contribution in [1.82, 2.24) is 14.9 Å². The molecule has 1 aromatic heterocycles. The third-order valence-electron chi connectivity index (χ3n) is 3.29. The number of hydrogen-bond acceptors (Lipinski definition) is 5. The Bertz CT molecular complexity index is 753. The minimum Gasteiger partial charge on any atom is -0.334 e. The first-order chi connectivity index (χ1) is 10.5. The molecule has 1 aromatic carbocycles. The molecule has 0 saturated carbocycles. The largest absolute Gasteiger partial charge is 0.334 e. The normalized spacial score (nSPS) is 11.5.